The number of hydrogen-bond donors (Lipinski definition) is 1. The van der Waals surface area contributed by atoms with Gasteiger partial charge in [0.05, 0.1) is 12.5 Å². The van der Waals surface area contributed by atoms with Crippen LogP contribution in [0.4, 0.5) is 5.69 Å². The summed E-state index contributed by atoms with van der Waals surface area (Å²) in [5.74, 6) is 1.30. The summed E-state index contributed by atoms with van der Waals surface area (Å²) in [6.45, 7) is 0.219. The molecule has 0 aliphatic carbocycles. The van der Waals surface area contributed by atoms with Crippen molar-refractivity contribution in [2.24, 2.45) is 0 Å². The Hall–Kier alpha value is -3.21. The van der Waals surface area contributed by atoms with Crippen LogP contribution in [0, 0.1) is 0 Å². The molecule has 0 bridgehead atoms. The molecule has 2 heterocycles. The Labute approximate surface area is 145 Å². The normalized spacial score (nSPS) is 13.4. The lowest BCUT2D eigenvalue weighted by Gasteiger charge is -2.19. The number of nitrogens with one attached hydrogen (secondary N) is 1. The number of nitrogens with zero attached hydrogens (tertiary/aromatic N) is 1. The quantitative estimate of drug-likeness (QED) is 0.771. The fraction of sp³-hybridized carbons (Fsp3) is 0.150. The maximum Gasteiger partial charge on any atom is 0.231 e. The van der Waals surface area contributed by atoms with Gasteiger partial charge < -0.3 is 19.4 Å². The zero-order valence-corrected chi connectivity index (χ0v) is 13.6. The first-order valence-electron chi connectivity index (χ1n) is 8.16. The topological polar surface area (TPSA) is 52.5 Å². The smallest absolute Gasteiger partial charge is 0.231 e. The molecule has 1 amide bonds. The van der Waals surface area contributed by atoms with Gasteiger partial charge in [0.15, 0.2) is 11.5 Å². The van der Waals surface area contributed by atoms with E-state index in [-0.39, 0.29) is 18.7 Å². The first kappa shape index (κ1) is 15.3. The van der Waals surface area contributed by atoms with Gasteiger partial charge in [-0.1, -0.05) is 30.3 Å². The molecule has 1 aliphatic rings. The van der Waals surface area contributed by atoms with Crippen LogP contribution in [0.15, 0.2) is 73.1 Å². The number of ether oxygens (including phenoxy) is 2. The van der Waals surface area contributed by atoms with Crippen LogP contribution in [-0.4, -0.2) is 17.3 Å². The Bertz CT molecular complexity index is 860. The van der Waals surface area contributed by atoms with Crippen LogP contribution >= 0.6 is 0 Å². The second-order valence-corrected chi connectivity index (χ2v) is 5.88. The van der Waals surface area contributed by atoms with E-state index in [0.29, 0.717) is 23.6 Å². The second-order valence-electron chi connectivity index (χ2n) is 5.88. The van der Waals surface area contributed by atoms with E-state index < -0.39 is 0 Å². The van der Waals surface area contributed by atoms with Gasteiger partial charge in [-0.25, -0.2) is 0 Å². The van der Waals surface area contributed by atoms with Crippen LogP contribution in [0.25, 0.3) is 0 Å². The van der Waals surface area contributed by atoms with Gasteiger partial charge in [0.25, 0.3) is 0 Å². The Kier molecular flexibility index (Phi) is 4.12. The van der Waals surface area contributed by atoms with Gasteiger partial charge in [-0.05, 0) is 29.8 Å². The van der Waals surface area contributed by atoms with Gasteiger partial charge in [0.2, 0.25) is 12.7 Å². The lowest BCUT2D eigenvalue weighted by molar-refractivity contribution is -0.116. The standard InChI is InChI=1S/C20H18N2O3/c23-20(21-16-8-9-18-19(12-16)25-14-24-18)13-17(22-10-4-5-11-22)15-6-2-1-3-7-15/h1-12,17H,13-14H2,(H,21,23). The zero-order valence-electron chi connectivity index (χ0n) is 13.6. The highest BCUT2D eigenvalue weighted by atomic mass is 16.7. The summed E-state index contributed by atoms with van der Waals surface area (Å²) in [5.41, 5.74) is 1.80. The average Bonchev–Trinajstić information content (AvgIpc) is 3.31. The number of anilines is 1. The maximum atomic E-state index is 12.6. The highest BCUT2D eigenvalue weighted by Crippen LogP contribution is 2.34. The minimum absolute atomic E-state index is 0.0507. The molecule has 1 atom stereocenters. The molecule has 1 N–H and O–H groups in total. The van der Waals surface area contributed by atoms with Crippen LogP contribution in [0.3, 0.4) is 0 Å². The van der Waals surface area contributed by atoms with Crippen molar-refractivity contribution in [3.63, 3.8) is 0 Å². The van der Waals surface area contributed by atoms with Crippen molar-refractivity contribution >= 4 is 11.6 Å². The largest absolute Gasteiger partial charge is 0.454 e. The van der Waals surface area contributed by atoms with Gasteiger partial charge >= 0.3 is 0 Å². The van der Waals surface area contributed by atoms with Crippen molar-refractivity contribution in [2.45, 2.75) is 12.5 Å². The maximum absolute atomic E-state index is 12.6. The van der Waals surface area contributed by atoms with Gasteiger partial charge in [-0.2, -0.15) is 0 Å². The molecule has 2 aromatic carbocycles. The van der Waals surface area contributed by atoms with E-state index in [2.05, 4.69) is 9.88 Å². The number of fused-ring (bicyclic) bond motifs is 1. The van der Waals surface area contributed by atoms with Crippen molar-refractivity contribution in [3.05, 3.63) is 78.6 Å². The molecule has 0 radical (unpaired) electrons. The van der Waals surface area contributed by atoms with Crippen molar-refractivity contribution < 1.29 is 14.3 Å². The van der Waals surface area contributed by atoms with E-state index in [1.807, 2.05) is 60.9 Å². The molecular formula is C20H18N2O3. The van der Waals surface area contributed by atoms with Crippen LogP contribution < -0.4 is 14.8 Å². The summed E-state index contributed by atoms with van der Waals surface area (Å²) >= 11 is 0. The molecule has 0 spiro atoms. The molecule has 0 fully saturated rings. The van der Waals surface area contributed by atoms with Crippen LogP contribution in [0.1, 0.15) is 18.0 Å². The number of hydrogen-bond acceptors (Lipinski definition) is 3. The molecule has 5 nitrogen and oxygen atoms in total. The third-order valence-electron chi connectivity index (χ3n) is 4.21. The van der Waals surface area contributed by atoms with Crippen molar-refractivity contribution in [3.8, 4) is 11.5 Å². The first-order chi connectivity index (χ1) is 12.3. The summed E-state index contributed by atoms with van der Waals surface area (Å²) in [6.07, 6.45) is 4.30. The average molecular weight is 334 g/mol. The lowest BCUT2D eigenvalue weighted by atomic mass is 10.0. The highest BCUT2D eigenvalue weighted by molar-refractivity contribution is 5.91. The molecule has 1 unspecified atom stereocenters. The molecule has 0 saturated heterocycles. The predicted octanol–water partition coefficient (Wildman–Crippen LogP) is 3.84. The molecule has 4 rings (SSSR count). The van der Waals surface area contributed by atoms with Crippen molar-refractivity contribution in [1.29, 1.82) is 0 Å². The first-order valence-corrected chi connectivity index (χ1v) is 8.16. The van der Waals surface area contributed by atoms with Crippen LogP contribution in [-0.2, 0) is 4.79 Å². The third-order valence-corrected chi connectivity index (χ3v) is 4.21. The Morgan fingerprint density at radius 2 is 1.76 bits per heavy atom. The Morgan fingerprint density at radius 3 is 2.56 bits per heavy atom. The van der Waals surface area contributed by atoms with Gasteiger partial charge in [0.1, 0.15) is 0 Å². The minimum Gasteiger partial charge on any atom is -0.454 e. The summed E-state index contributed by atoms with van der Waals surface area (Å²) in [7, 11) is 0. The van der Waals surface area contributed by atoms with Gasteiger partial charge in [-0.3, -0.25) is 4.79 Å². The Balaban J connectivity index is 1.51. The predicted molar refractivity (Wildman–Crippen MR) is 94.8 cm³/mol. The van der Waals surface area contributed by atoms with Crippen LogP contribution in [0.5, 0.6) is 11.5 Å². The molecule has 1 aliphatic heterocycles. The van der Waals surface area contributed by atoms with E-state index in [9.17, 15) is 4.79 Å². The fourth-order valence-corrected chi connectivity index (χ4v) is 2.99. The molecule has 5 heteroatoms. The number of benzene rings is 2. The van der Waals surface area contributed by atoms with E-state index >= 15 is 0 Å². The number of carbonyl (C=O) groups is 1. The minimum atomic E-state index is -0.0542. The van der Waals surface area contributed by atoms with Gasteiger partial charge in [-0.15, -0.1) is 0 Å². The summed E-state index contributed by atoms with van der Waals surface area (Å²) in [6, 6.07) is 19.3. The van der Waals surface area contributed by atoms with Gasteiger partial charge in [0, 0.05) is 24.1 Å². The SMILES string of the molecule is O=C(CC(c1ccccc1)n1cccc1)Nc1ccc2c(c1)OCO2. The number of aromatic nitrogens is 1. The molecule has 25 heavy (non-hydrogen) atoms. The summed E-state index contributed by atoms with van der Waals surface area (Å²) in [4.78, 5) is 12.6. The molecule has 3 aromatic rings. The monoisotopic (exact) mass is 334 g/mol. The molecule has 1 aromatic heterocycles. The zero-order chi connectivity index (χ0) is 17.1. The number of amides is 1. The molecule has 0 saturated carbocycles. The van der Waals surface area contributed by atoms with Crippen molar-refractivity contribution in [1.82, 2.24) is 4.57 Å². The lowest BCUT2D eigenvalue weighted by Crippen LogP contribution is -2.19. The number of carbonyl (C=O) groups excluding carboxylic acids is 1. The van der Waals surface area contributed by atoms with E-state index in [1.165, 1.54) is 0 Å². The van der Waals surface area contributed by atoms with E-state index in [0.717, 1.165) is 5.56 Å². The highest BCUT2D eigenvalue weighted by Gasteiger charge is 2.18. The van der Waals surface area contributed by atoms with Crippen molar-refractivity contribution in [2.75, 3.05) is 12.1 Å². The van der Waals surface area contributed by atoms with E-state index in [4.69, 9.17) is 9.47 Å². The molecular weight excluding hydrogens is 316 g/mol. The van der Waals surface area contributed by atoms with Crippen LogP contribution in [0.2, 0.25) is 0 Å². The third kappa shape index (κ3) is 3.35. The van der Waals surface area contributed by atoms with E-state index in [1.54, 1.807) is 12.1 Å². The second kappa shape index (κ2) is 6.73. The Morgan fingerprint density at radius 1 is 1.00 bits per heavy atom. The summed E-state index contributed by atoms with van der Waals surface area (Å²) < 4.78 is 12.7. The fourth-order valence-electron chi connectivity index (χ4n) is 2.99. The summed E-state index contributed by atoms with van der Waals surface area (Å²) in [5, 5.41) is 2.95. The molecule has 126 valence electrons. The number of rotatable bonds is 5.